The van der Waals surface area contributed by atoms with Crippen molar-refractivity contribution in [2.75, 3.05) is 0 Å². The Labute approximate surface area is 110 Å². The Morgan fingerprint density at radius 3 is 2.58 bits per heavy atom. The summed E-state index contributed by atoms with van der Waals surface area (Å²) in [5.74, 6) is -0.573. The number of aromatic nitrogens is 1. The van der Waals surface area contributed by atoms with E-state index in [0.717, 1.165) is 5.56 Å². The molecule has 1 aromatic heterocycles. The highest BCUT2D eigenvalue weighted by molar-refractivity contribution is 5.84. The van der Waals surface area contributed by atoms with Crippen molar-refractivity contribution >= 4 is 12.1 Å². The van der Waals surface area contributed by atoms with Gasteiger partial charge in [-0.3, -0.25) is 9.78 Å². The van der Waals surface area contributed by atoms with Crippen molar-refractivity contribution in [3.8, 4) is 0 Å². The molecule has 1 heterocycles. The first-order chi connectivity index (χ1) is 9.27. The van der Waals surface area contributed by atoms with E-state index in [-0.39, 0.29) is 0 Å². The number of hydrogen-bond donors (Lipinski definition) is 2. The predicted molar refractivity (Wildman–Crippen MR) is 71.4 cm³/mol. The summed E-state index contributed by atoms with van der Waals surface area (Å²) in [6.45, 7) is 0. The number of rotatable bonds is 4. The molecule has 1 atom stereocenters. The molecule has 19 heavy (non-hydrogen) atoms. The number of hydrazone groups is 1. The first-order valence-corrected chi connectivity index (χ1v) is 5.73. The third-order valence-corrected chi connectivity index (χ3v) is 2.46. The van der Waals surface area contributed by atoms with E-state index in [9.17, 15) is 9.90 Å². The number of nitrogens with one attached hydrogen (secondary N) is 1. The van der Waals surface area contributed by atoms with Gasteiger partial charge in [0.25, 0.3) is 5.91 Å². The monoisotopic (exact) mass is 255 g/mol. The maximum absolute atomic E-state index is 11.6. The van der Waals surface area contributed by atoms with E-state index in [1.165, 1.54) is 6.21 Å². The summed E-state index contributed by atoms with van der Waals surface area (Å²) in [6.07, 6.45) is 3.51. The van der Waals surface area contributed by atoms with Crippen molar-refractivity contribution < 1.29 is 9.90 Å². The molecule has 0 aliphatic carbocycles. The van der Waals surface area contributed by atoms with Crippen molar-refractivity contribution in [2.24, 2.45) is 5.10 Å². The maximum Gasteiger partial charge on any atom is 0.273 e. The minimum atomic E-state index is -1.23. The third-order valence-electron chi connectivity index (χ3n) is 2.46. The van der Waals surface area contributed by atoms with Crippen molar-refractivity contribution in [3.63, 3.8) is 0 Å². The summed E-state index contributed by atoms with van der Waals surface area (Å²) in [5.41, 5.74) is 3.63. The Hall–Kier alpha value is -2.53. The van der Waals surface area contributed by atoms with Crippen LogP contribution in [0.5, 0.6) is 0 Å². The second-order valence-corrected chi connectivity index (χ2v) is 3.83. The van der Waals surface area contributed by atoms with E-state index in [1.54, 1.807) is 48.8 Å². The molecule has 0 saturated carbocycles. The van der Waals surface area contributed by atoms with Crippen LogP contribution in [0, 0.1) is 0 Å². The summed E-state index contributed by atoms with van der Waals surface area (Å²) >= 11 is 0. The van der Waals surface area contributed by atoms with Crippen LogP contribution in [-0.4, -0.2) is 22.2 Å². The van der Waals surface area contributed by atoms with Crippen LogP contribution in [0.4, 0.5) is 0 Å². The lowest BCUT2D eigenvalue weighted by Crippen LogP contribution is -2.25. The quantitative estimate of drug-likeness (QED) is 0.638. The van der Waals surface area contributed by atoms with Crippen LogP contribution in [0.2, 0.25) is 0 Å². The molecule has 1 unspecified atom stereocenters. The van der Waals surface area contributed by atoms with Crippen LogP contribution < -0.4 is 5.43 Å². The second kappa shape index (κ2) is 6.42. The average Bonchev–Trinajstić information content (AvgIpc) is 2.48. The van der Waals surface area contributed by atoms with Gasteiger partial charge in [-0.25, -0.2) is 5.43 Å². The highest BCUT2D eigenvalue weighted by Crippen LogP contribution is 2.11. The van der Waals surface area contributed by atoms with Crippen LogP contribution in [0.15, 0.2) is 60.0 Å². The fourth-order valence-electron chi connectivity index (χ4n) is 1.47. The van der Waals surface area contributed by atoms with Crippen LogP contribution in [0.25, 0.3) is 0 Å². The van der Waals surface area contributed by atoms with E-state index >= 15 is 0 Å². The molecule has 0 bridgehead atoms. The fourth-order valence-corrected chi connectivity index (χ4v) is 1.47. The van der Waals surface area contributed by atoms with Gasteiger partial charge >= 0.3 is 0 Å². The van der Waals surface area contributed by atoms with Gasteiger partial charge in [0.15, 0.2) is 6.10 Å². The molecule has 0 fully saturated rings. The largest absolute Gasteiger partial charge is 0.378 e. The molecule has 0 saturated heterocycles. The van der Waals surface area contributed by atoms with E-state index in [0.29, 0.717) is 5.56 Å². The SMILES string of the molecule is O=C(NN=Cc1ccncc1)C(O)c1ccccc1. The molecule has 0 spiro atoms. The molecule has 0 aliphatic rings. The van der Waals surface area contributed by atoms with E-state index < -0.39 is 12.0 Å². The number of aliphatic hydroxyl groups excluding tert-OH is 1. The second-order valence-electron chi connectivity index (χ2n) is 3.83. The lowest BCUT2D eigenvalue weighted by Gasteiger charge is -2.08. The van der Waals surface area contributed by atoms with E-state index in [1.807, 2.05) is 6.07 Å². The van der Waals surface area contributed by atoms with Crippen molar-refractivity contribution in [3.05, 3.63) is 66.0 Å². The highest BCUT2D eigenvalue weighted by Gasteiger charge is 2.15. The van der Waals surface area contributed by atoms with Crippen molar-refractivity contribution in [2.45, 2.75) is 6.10 Å². The van der Waals surface area contributed by atoms with Crippen LogP contribution in [0.1, 0.15) is 17.2 Å². The molecular weight excluding hydrogens is 242 g/mol. The Morgan fingerprint density at radius 1 is 1.21 bits per heavy atom. The Kier molecular flexibility index (Phi) is 4.36. The Balaban J connectivity index is 1.93. The van der Waals surface area contributed by atoms with Crippen molar-refractivity contribution in [1.82, 2.24) is 10.4 Å². The average molecular weight is 255 g/mol. The zero-order valence-corrected chi connectivity index (χ0v) is 10.1. The summed E-state index contributed by atoms with van der Waals surface area (Å²) in [4.78, 5) is 15.5. The Bertz CT molecular complexity index is 555. The lowest BCUT2D eigenvalue weighted by molar-refractivity contribution is -0.129. The van der Waals surface area contributed by atoms with Gasteiger partial charge in [-0.15, -0.1) is 0 Å². The van der Waals surface area contributed by atoms with Crippen LogP contribution in [-0.2, 0) is 4.79 Å². The number of aliphatic hydroxyl groups is 1. The minimum Gasteiger partial charge on any atom is -0.378 e. The summed E-state index contributed by atoms with van der Waals surface area (Å²) < 4.78 is 0. The molecule has 5 nitrogen and oxygen atoms in total. The zero-order chi connectivity index (χ0) is 13.5. The minimum absolute atomic E-state index is 0.527. The van der Waals surface area contributed by atoms with Gasteiger partial charge < -0.3 is 5.11 Å². The smallest absolute Gasteiger partial charge is 0.273 e. The number of amides is 1. The summed E-state index contributed by atoms with van der Waals surface area (Å²) in [6, 6.07) is 12.2. The molecule has 2 N–H and O–H groups in total. The van der Waals surface area contributed by atoms with Crippen LogP contribution in [0.3, 0.4) is 0 Å². The zero-order valence-electron chi connectivity index (χ0n) is 10.1. The molecule has 1 aromatic carbocycles. The molecule has 2 rings (SSSR count). The summed E-state index contributed by atoms with van der Waals surface area (Å²) in [5, 5.41) is 13.6. The van der Waals surface area contributed by atoms with E-state index in [2.05, 4.69) is 15.5 Å². The molecule has 5 heteroatoms. The number of benzene rings is 1. The van der Waals surface area contributed by atoms with Gasteiger partial charge in [-0.1, -0.05) is 30.3 Å². The van der Waals surface area contributed by atoms with Gasteiger partial charge in [0, 0.05) is 12.4 Å². The molecule has 0 radical (unpaired) electrons. The van der Waals surface area contributed by atoms with Crippen molar-refractivity contribution in [1.29, 1.82) is 0 Å². The third kappa shape index (κ3) is 3.72. The number of carbonyl (C=O) groups excluding carboxylic acids is 1. The molecule has 96 valence electrons. The standard InChI is InChI=1S/C14H13N3O2/c18-13(12-4-2-1-3-5-12)14(19)17-16-10-11-6-8-15-9-7-11/h1-10,13,18H,(H,17,19). The summed E-state index contributed by atoms with van der Waals surface area (Å²) in [7, 11) is 0. The van der Waals surface area contributed by atoms with Gasteiger partial charge in [0.05, 0.1) is 6.21 Å². The first-order valence-electron chi connectivity index (χ1n) is 5.73. The highest BCUT2D eigenvalue weighted by atomic mass is 16.3. The van der Waals surface area contributed by atoms with Gasteiger partial charge in [0.2, 0.25) is 0 Å². The molecule has 0 aliphatic heterocycles. The molecule has 2 aromatic rings. The lowest BCUT2D eigenvalue weighted by atomic mass is 10.1. The number of hydrogen-bond acceptors (Lipinski definition) is 4. The number of nitrogens with zero attached hydrogens (tertiary/aromatic N) is 2. The predicted octanol–water partition coefficient (Wildman–Crippen LogP) is 1.27. The number of carbonyl (C=O) groups is 1. The van der Waals surface area contributed by atoms with Gasteiger partial charge in [-0.05, 0) is 23.3 Å². The number of pyridine rings is 1. The first kappa shape index (κ1) is 12.9. The van der Waals surface area contributed by atoms with Gasteiger partial charge in [-0.2, -0.15) is 5.10 Å². The molecular formula is C14H13N3O2. The Morgan fingerprint density at radius 2 is 1.89 bits per heavy atom. The topological polar surface area (TPSA) is 74.6 Å². The van der Waals surface area contributed by atoms with Gasteiger partial charge in [0.1, 0.15) is 0 Å². The fraction of sp³-hybridized carbons (Fsp3) is 0.0714. The maximum atomic E-state index is 11.6. The molecule has 1 amide bonds. The normalized spacial score (nSPS) is 12.3. The van der Waals surface area contributed by atoms with Crippen LogP contribution >= 0.6 is 0 Å². The van der Waals surface area contributed by atoms with E-state index in [4.69, 9.17) is 0 Å².